The third-order valence-corrected chi connectivity index (χ3v) is 3.64. The van der Waals surface area contributed by atoms with Gasteiger partial charge in [0, 0.05) is 41.6 Å². The number of pyridine rings is 1. The first-order valence-corrected chi connectivity index (χ1v) is 7.49. The van der Waals surface area contributed by atoms with Gasteiger partial charge in [-0.15, -0.1) is 0 Å². The summed E-state index contributed by atoms with van der Waals surface area (Å²) in [6.45, 7) is 4.93. The Kier molecular flexibility index (Phi) is 6.35. The lowest BCUT2D eigenvalue weighted by atomic mass is 10.2. The van der Waals surface area contributed by atoms with Crippen molar-refractivity contribution in [3.63, 3.8) is 0 Å². The van der Waals surface area contributed by atoms with E-state index in [1.807, 2.05) is 13.8 Å². The highest BCUT2D eigenvalue weighted by atomic mass is 32.2. The Morgan fingerprint density at radius 2 is 2.22 bits per heavy atom. The van der Waals surface area contributed by atoms with E-state index in [4.69, 9.17) is 0 Å². The summed E-state index contributed by atoms with van der Waals surface area (Å²) >= 11 is 0. The summed E-state index contributed by atoms with van der Waals surface area (Å²) in [5.74, 6) is 1.49. The van der Waals surface area contributed by atoms with E-state index in [1.165, 1.54) is 0 Å². The van der Waals surface area contributed by atoms with Crippen molar-refractivity contribution in [2.45, 2.75) is 13.8 Å². The largest absolute Gasteiger partial charge is 0.370 e. The average molecular weight is 269 g/mol. The molecule has 1 atom stereocenters. The molecule has 5 nitrogen and oxygen atoms in total. The maximum Gasteiger partial charge on any atom is 0.255 e. The maximum absolute atomic E-state index is 11.9. The van der Waals surface area contributed by atoms with Crippen LogP contribution in [0.15, 0.2) is 18.3 Å². The minimum absolute atomic E-state index is 0.188. The van der Waals surface area contributed by atoms with Crippen molar-refractivity contribution in [1.29, 1.82) is 0 Å². The number of nitrogens with one attached hydrogen (secondary N) is 2. The Labute approximate surface area is 110 Å². The molecule has 100 valence electrons. The van der Waals surface area contributed by atoms with E-state index < -0.39 is 10.8 Å². The molecule has 1 amide bonds. The molecule has 1 rings (SSSR count). The highest BCUT2D eigenvalue weighted by Crippen LogP contribution is 2.10. The van der Waals surface area contributed by atoms with Crippen LogP contribution in [0.3, 0.4) is 0 Å². The summed E-state index contributed by atoms with van der Waals surface area (Å²) in [4.78, 5) is 16.0. The van der Waals surface area contributed by atoms with Gasteiger partial charge in [0.25, 0.3) is 5.91 Å². The van der Waals surface area contributed by atoms with Gasteiger partial charge >= 0.3 is 0 Å². The summed E-state index contributed by atoms with van der Waals surface area (Å²) in [6.07, 6.45) is 1.64. The molecular formula is C12H19N3O2S. The molecule has 0 aliphatic heterocycles. The number of hydrogen-bond acceptors (Lipinski definition) is 4. The molecule has 0 radical (unpaired) electrons. The molecule has 0 spiro atoms. The second-order valence-corrected chi connectivity index (χ2v) is 5.48. The number of anilines is 1. The highest BCUT2D eigenvalue weighted by molar-refractivity contribution is 7.84. The van der Waals surface area contributed by atoms with Crippen molar-refractivity contribution in [2.24, 2.45) is 0 Å². The Hall–Kier alpha value is -1.43. The number of carbonyl (C=O) groups excluding carboxylic acids is 1. The number of amides is 1. The fraction of sp³-hybridized carbons (Fsp3) is 0.500. The molecule has 1 heterocycles. The predicted octanol–water partition coefficient (Wildman–Crippen LogP) is 1.01. The van der Waals surface area contributed by atoms with Crippen LogP contribution >= 0.6 is 0 Å². The zero-order valence-electron chi connectivity index (χ0n) is 10.7. The highest BCUT2D eigenvalue weighted by Gasteiger charge is 2.11. The van der Waals surface area contributed by atoms with Crippen LogP contribution in [0.2, 0.25) is 0 Å². The number of rotatable bonds is 7. The van der Waals surface area contributed by atoms with Crippen molar-refractivity contribution in [3.8, 4) is 0 Å². The molecule has 6 heteroatoms. The van der Waals surface area contributed by atoms with Gasteiger partial charge in [-0.25, -0.2) is 4.98 Å². The number of hydrogen-bond donors (Lipinski definition) is 2. The molecule has 0 aliphatic carbocycles. The monoisotopic (exact) mass is 269 g/mol. The number of nitrogens with zero attached hydrogens (tertiary/aromatic N) is 1. The summed E-state index contributed by atoms with van der Waals surface area (Å²) in [6, 6.07) is 3.44. The van der Waals surface area contributed by atoms with Crippen LogP contribution in [0.1, 0.15) is 24.2 Å². The smallest absolute Gasteiger partial charge is 0.255 e. The van der Waals surface area contributed by atoms with Crippen LogP contribution in [0.4, 0.5) is 5.82 Å². The summed E-state index contributed by atoms with van der Waals surface area (Å²) in [7, 11) is -0.855. The maximum atomic E-state index is 11.9. The van der Waals surface area contributed by atoms with E-state index in [2.05, 4.69) is 15.6 Å². The number of aromatic nitrogens is 1. The van der Waals surface area contributed by atoms with E-state index in [-0.39, 0.29) is 5.91 Å². The first-order valence-electron chi connectivity index (χ1n) is 6.01. The standard InChI is InChI=1S/C12H19N3O2S/c1-3-13-11-10(6-5-7-14-11)12(16)15-8-9-18(17)4-2/h5-7H,3-4,8-9H2,1-2H3,(H,13,14)(H,15,16). The van der Waals surface area contributed by atoms with Crippen molar-refractivity contribution in [3.05, 3.63) is 23.9 Å². The minimum Gasteiger partial charge on any atom is -0.370 e. The lowest BCUT2D eigenvalue weighted by molar-refractivity contribution is 0.0956. The summed E-state index contributed by atoms with van der Waals surface area (Å²) < 4.78 is 11.2. The fourth-order valence-corrected chi connectivity index (χ4v) is 2.03. The first-order chi connectivity index (χ1) is 8.69. The summed E-state index contributed by atoms with van der Waals surface area (Å²) in [5.41, 5.74) is 0.515. The van der Waals surface area contributed by atoms with Gasteiger partial charge < -0.3 is 10.6 Å². The molecule has 0 fully saturated rings. The van der Waals surface area contributed by atoms with Gasteiger partial charge in [-0.2, -0.15) is 0 Å². The first kappa shape index (κ1) is 14.6. The van der Waals surface area contributed by atoms with E-state index in [0.717, 1.165) is 0 Å². The molecule has 2 N–H and O–H groups in total. The molecule has 0 bridgehead atoms. The normalized spacial score (nSPS) is 11.9. The van der Waals surface area contributed by atoms with Crippen LogP contribution in [-0.2, 0) is 10.8 Å². The van der Waals surface area contributed by atoms with Crippen molar-refractivity contribution in [1.82, 2.24) is 10.3 Å². The van der Waals surface area contributed by atoms with Crippen molar-refractivity contribution in [2.75, 3.05) is 29.9 Å². The van der Waals surface area contributed by atoms with Crippen molar-refractivity contribution >= 4 is 22.5 Å². The second kappa shape index (κ2) is 7.81. The van der Waals surface area contributed by atoms with Crippen LogP contribution < -0.4 is 10.6 Å². The quantitative estimate of drug-likeness (QED) is 0.775. The zero-order valence-corrected chi connectivity index (χ0v) is 11.5. The Morgan fingerprint density at radius 3 is 2.89 bits per heavy atom. The van der Waals surface area contributed by atoms with Crippen LogP contribution in [-0.4, -0.2) is 39.7 Å². The molecule has 1 aromatic heterocycles. The molecule has 1 aromatic rings. The van der Waals surface area contributed by atoms with E-state index in [0.29, 0.717) is 36.0 Å². The molecule has 0 saturated carbocycles. The second-order valence-electron chi connectivity index (χ2n) is 3.62. The van der Waals surface area contributed by atoms with Gasteiger partial charge in [-0.05, 0) is 19.1 Å². The van der Waals surface area contributed by atoms with Gasteiger partial charge in [-0.1, -0.05) is 6.92 Å². The van der Waals surface area contributed by atoms with E-state index >= 15 is 0 Å². The summed E-state index contributed by atoms with van der Waals surface area (Å²) in [5, 5.41) is 5.79. The third kappa shape index (κ3) is 4.44. The van der Waals surface area contributed by atoms with Gasteiger partial charge in [0.15, 0.2) is 0 Å². The fourth-order valence-electron chi connectivity index (χ4n) is 1.41. The number of carbonyl (C=O) groups is 1. The topological polar surface area (TPSA) is 71.1 Å². The van der Waals surface area contributed by atoms with E-state index in [1.54, 1.807) is 18.3 Å². The molecule has 0 aliphatic rings. The molecule has 0 saturated heterocycles. The predicted molar refractivity (Wildman–Crippen MR) is 74.3 cm³/mol. The van der Waals surface area contributed by atoms with Crippen LogP contribution in [0.25, 0.3) is 0 Å². The Morgan fingerprint density at radius 1 is 1.44 bits per heavy atom. The molecule has 0 aromatic carbocycles. The van der Waals surface area contributed by atoms with Crippen LogP contribution in [0.5, 0.6) is 0 Å². The van der Waals surface area contributed by atoms with Crippen molar-refractivity contribution < 1.29 is 9.00 Å². The zero-order chi connectivity index (χ0) is 13.4. The molecular weight excluding hydrogens is 250 g/mol. The SMILES string of the molecule is CCNc1ncccc1C(=O)NCCS(=O)CC. The molecule has 1 unspecified atom stereocenters. The third-order valence-electron chi connectivity index (χ3n) is 2.33. The minimum atomic E-state index is -0.855. The van der Waals surface area contributed by atoms with Gasteiger partial charge in [0.1, 0.15) is 5.82 Å². The van der Waals surface area contributed by atoms with Gasteiger partial charge in [0.2, 0.25) is 0 Å². The lowest BCUT2D eigenvalue weighted by Crippen LogP contribution is -2.28. The van der Waals surface area contributed by atoms with Crippen LogP contribution in [0, 0.1) is 0 Å². The lowest BCUT2D eigenvalue weighted by Gasteiger charge is -2.09. The Balaban J connectivity index is 2.58. The van der Waals surface area contributed by atoms with E-state index in [9.17, 15) is 9.00 Å². The molecule has 18 heavy (non-hydrogen) atoms. The Bertz CT molecular complexity index is 424. The van der Waals surface area contributed by atoms with Gasteiger partial charge in [-0.3, -0.25) is 9.00 Å². The average Bonchev–Trinajstić information content (AvgIpc) is 2.39. The van der Waals surface area contributed by atoms with Gasteiger partial charge in [0.05, 0.1) is 5.56 Å².